The number of nitrogens with one attached hydrogen (secondary N) is 1. The van der Waals surface area contributed by atoms with Gasteiger partial charge >= 0.3 is 0 Å². The van der Waals surface area contributed by atoms with Gasteiger partial charge in [-0.3, -0.25) is 0 Å². The van der Waals surface area contributed by atoms with E-state index in [0.717, 1.165) is 19.4 Å². The summed E-state index contributed by atoms with van der Waals surface area (Å²) in [6, 6.07) is 7.45. The van der Waals surface area contributed by atoms with E-state index in [1.807, 2.05) is 12.1 Å². The predicted molar refractivity (Wildman–Crippen MR) is 90.4 cm³/mol. The van der Waals surface area contributed by atoms with Crippen LogP contribution in [0.3, 0.4) is 0 Å². The van der Waals surface area contributed by atoms with Crippen LogP contribution in [-0.2, 0) is 6.42 Å². The molecule has 2 rings (SSSR count). The van der Waals surface area contributed by atoms with Gasteiger partial charge in [-0.15, -0.1) is 0 Å². The van der Waals surface area contributed by atoms with Gasteiger partial charge in [0.05, 0.1) is 0 Å². The molecule has 1 aliphatic heterocycles. The van der Waals surface area contributed by atoms with Gasteiger partial charge in [0.25, 0.3) is 0 Å². The molecule has 0 saturated carbocycles. The fourth-order valence-corrected chi connectivity index (χ4v) is 5.56. The highest BCUT2D eigenvalue weighted by Crippen LogP contribution is 2.34. The SMILES string of the molecule is CCCNC(Cc1ccc(F)cc1)C1SCCSC1C. The van der Waals surface area contributed by atoms with Crippen LogP contribution in [0.5, 0.6) is 0 Å². The molecule has 1 fully saturated rings. The molecule has 1 aromatic carbocycles. The summed E-state index contributed by atoms with van der Waals surface area (Å²) in [5.74, 6) is 2.36. The molecule has 0 amide bonds. The van der Waals surface area contributed by atoms with Crippen LogP contribution in [0.4, 0.5) is 4.39 Å². The number of rotatable bonds is 6. The van der Waals surface area contributed by atoms with E-state index in [1.54, 1.807) is 12.1 Å². The molecule has 0 aromatic heterocycles. The van der Waals surface area contributed by atoms with Crippen molar-refractivity contribution in [3.05, 3.63) is 35.6 Å². The van der Waals surface area contributed by atoms with Crippen molar-refractivity contribution in [2.24, 2.45) is 0 Å². The van der Waals surface area contributed by atoms with Gasteiger partial charge in [-0.2, -0.15) is 23.5 Å². The third-order valence-electron chi connectivity index (χ3n) is 3.66. The monoisotopic (exact) mass is 313 g/mol. The van der Waals surface area contributed by atoms with Gasteiger partial charge in [-0.1, -0.05) is 26.0 Å². The molecule has 1 N–H and O–H groups in total. The number of hydrogen-bond donors (Lipinski definition) is 1. The van der Waals surface area contributed by atoms with Crippen LogP contribution in [0, 0.1) is 5.82 Å². The van der Waals surface area contributed by atoms with Crippen LogP contribution >= 0.6 is 23.5 Å². The lowest BCUT2D eigenvalue weighted by atomic mass is 10.0. The first kappa shape index (κ1) is 16.2. The molecule has 1 saturated heterocycles. The number of halogens is 1. The van der Waals surface area contributed by atoms with Crippen molar-refractivity contribution < 1.29 is 4.39 Å². The Bertz CT molecular complexity index is 396. The van der Waals surface area contributed by atoms with E-state index in [2.05, 4.69) is 42.7 Å². The maximum Gasteiger partial charge on any atom is 0.123 e. The Hall–Kier alpha value is -0.190. The Morgan fingerprint density at radius 1 is 1.25 bits per heavy atom. The first-order valence-corrected chi connectivity index (χ1v) is 9.51. The smallest absolute Gasteiger partial charge is 0.123 e. The molecule has 0 bridgehead atoms. The lowest BCUT2D eigenvalue weighted by molar-refractivity contribution is 0.486. The summed E-state index contributed by atoms with van der Waals surface area (Å²) < 4.78 is 13.0. The van der Waals surface area contributed by atoms with E-state index in [9.17, 15) is 4.39 Å². The summed E-state index contributed by atoms with van der Waals surface area (Å²) >= 11 is 4.17. The molecule has 0 aliphatic carbocycles. The minimum atomic E-state index is -0.150. The third-order valence-corrected chi connectivity index (χ3v) is 6.91. The molecule has 4 heteroatoms. The quantitative estimate of drug-likeness (QED) is 0.853. The average Bonchev–Trinajstić information content (AvgIpc) is 2.46. The summed E-state index contributed by atoms with van der Waals surface area (Å²) in [7, 11) is 0. The Balaban J connectivity index is 2.03. The minimum absolute atomic E-state index is 0.150. The molecule has 0 spiro atoms. The molecule has 1 heterocycles. The first-order chi connectivity index (χ1) is 9.70. The van der Waals surface area contributed by atoms with Gasteiger partial charge in [0.15, 0.2) is 0 Å². The number of hydrogen-bond acceptors (Lipinski definition) is 3. The summed E-state index contributed by atoms with van der Waals surface area (Å²) in [4.78, 5) is 0. The Kier molecular flexibility index (Phi) is 6.72. The van der Waals surface area contributed by atoms with E-state index in [4.69, 9.17) is 0 Å². The van der Waals surface area contributed by atoms with E-state index < -0.39 is 0 Å². The van der Waals surface area contributed by atoms with Crippen molar-refractivity contribution in [2.75, 3.05) is 18.1 Å². The zero-order chi connectivity index (χ0) is 14.4. The van der Waals surface area contributed by atoms with Gasteiger partial charge < -0.3 is 5.32 Å². The van der Waals surface area contributed by atoms with E-state index in [0.29, 0.717) is 16.5 Å². The molecule has 0 radical (unpaired) electrons. The van der Waals surface area contributed by atoms with Crippen molar-refractivity contribution in [1.29, 1.82) is 0 Å². The Labute approximate surface area is 130 Å². The highest BCUT2D eigenvalue weighted by molar-refractivity contribution is 8.07. The lowest BCUT2D eigenvalue weighted by Crippen LogP contribution is -2.46. The van der Waals surface area contributed by atoms with Crippen LogP contribution < -0.4 is 5.32 Å². The van der Waals surface area contributed by atoms with E-state index in [1.165, 1.54) is 17.1 Å². The molecular formula is C16H24FNS2. The zero-order valence-electron chi connectivity index (χ0n) is 12.3. The third kappa shape index (κ3) is 4.68. The van der Waals surface area contributed by atoms with Gasteiger partial charge in [-0.25, -0.2) is 4.39 Å². The van der Waals surface area contributed by atoms with Crippen LogP contribution in [0.25, 0.3) is 0 Å². The van der Waals surface area contributed by atoms with Crippen LogP contribution in [0.15, 0.2) is 24.3 Å². The lowest BCUT2D eigenvalue weighted by Gasteiger charge is -2.35. The maximum absolute atomic E-state index is 13.0. The fraction of sp³-hybridized carbons (Fsp3) is 0.625. The van der Waals surface area contributed by atoms with Crippen molar-refractivity contribution in [2.45, 2.75) is 43.2 Å². The van der Waals surface area contributed by atoms with Crippen LogP contribution in [0.1, 0.15) is 25.8 Å². The van der Waals surface area contributed by atoms with Crippen molar-refractivity contribution in [3.63, 3.8) is 0 Å². The predicted octanol–water partition coefficient (Wildman–Crippen LogP) is 3.97. The summed E-state index contributed by atoms with van der Waals surface area (Å²) in [6.07, 6.45) is 2.14. The van der Waals surface area contributed by atoms with E-state index in [-0.39, 0.29) is 5.82 Å². The van der Waals surface area contributed by atoms with Gasteiger partial charge in [0, 0.05) is 28.0 Å². The number of benzene rings is 1. The van der Waals surface area contributed by atoms with Crippen LogP contribution in [0.2, 0.25) is 0 Å². The van der Waals surface area contributed by atoms with Crippen LogP contribution in [-0.4, -0.2) is 34.6 Å². The normalized spacial score (nSPS) is 24.6. The van der Waals surface area contributed by atoms with Crippen molar-refractivity contribution in [3.8, 4) is 0 Å². The average molecular weight is 314 g/mol. The standard InChI is InChI=1S/C16H24FNS2/c1-3-8-18-15(16-12(2)19-9-10-20-16)11-13-4-6-14(17)7-5-13/h4-7,12,15-16,18H,3,8-11H2,1-2H3. The summed E-state index contributed by atoms with van der Waals surface area (Å²) in [5.41, 5.74) is 1.23. The van der Waals surface area contributed by atoms with Gasteiger partial charge in [0.1, 0.15) is 5.82 Å². The summed E-state index contributed by atoms with van der Waals surface area (Å²) in [6.45, 7) is 5.60. The summed E-state index contributed by atoms with van der Waals surface area (Å²) in [5, 5.41) is 5.03. The van der Waals surface area contributed by atoms with Crippen molar-refractivity contribution in [1.82, 2.24) is 5.32 Å². The number of thioether (sulfide) groups is 2. The molecule has 3 atom stereocenters. The maximum atomic E-state index is 13.0. The van der Waals surface area contributed by atoms with Gasteiger partial charge in [-0.05, 0) is 37.1 Å². The van der Waals surface area contributed by atoms with E-state index >= 15 is 0 Å². The minimum Gasteiger partial charge on any atom is -0.313 e. The van der Waals surface area contributed by atoms with Crippen molar-refractivity contribution >= 4 is 23.5 Å². The first-order valence-electron chi connectivity index (χ1n) is 7.41. The second-order valence-electron chi connectivity index (χ2n) is 5.30. The highest BCUT2D eigenvalue weighted by atomic mass is 32.2. The molecule has 112 valence electrons. The molecule has 1 nitrogen and oxygen atoms in total. The largest absolute Gasteiger partial charge is 0.313 e. The molecule has 1 aliphatic rings. The molecule has 3 unspecified atom stereocenters. The Morgan fingerprint density at radius 2 is 1.95 bits per heavy atom. The molecule has 20 heavy (non-hydrogen) atoms. The molecule has 1 aromatic rings. The second-order valence-corrected chi connectivity index (χ2v) is 8.07. The highest BCUT2D eigenvalue weighted by Gasteiger charge is 2.30. The Morgan fingerprint density at radius 3 is 2.60 bits per heavy atom. The topological polar surface area (TPSA) is 12.0 Å². The molecular weight excluding hydrogens is 289 g/mol. The van der Waals surface area contributed by atoms with Gasteiger partial charge in [0.2, 0.25) is 0 Å². The fourth-order valence-electron chi connectivity index (χ4n) is 2.60. The zero-order valence-corrected chi connectivity index (χ0v) is 13.9. The second kappa shape index (κ2) is 8.30.